The first-order chi connectivity index (χ1) is 9.13. The average molecular weight is 259 g/mol. The van der Waals surface area contributed by atoms with Gasteiger partial charge in [0.25, 0.3) is 5.91 Å². The van der Waals surface area contributed by atoms with Crippen molar-refractivity contribution in [3.05, 3.63) is 30.0 Å². The molecule has 0 atom stereocenters. The molecule has 0 saturated heterocycles. The number of amides is 1. The number of carbonyl (C=O) groups excluding carboxylic acids is 1. The number of aliphatic hydroxyl groups is 1. The van der Waals surface area contributed by atoms with Gasteiger partial charge in [-0.05, 0) is 25.0 Å². The van der Waals surface area contributed by atoms with Crippen LogP contribution in [0.2, 0.25) is 0 Å². The molecule has 19 heavy (non-hydrogen) atoms. The Morgan fingerprint density at radius 3 is 2.89 bits per heavy atom. The van der Waals surface area contributed by atoms with Crippen LogP contribution in [0, 0.1) is 5.41 Å². The van der Waals surface area contributed by atoms with Gasteiger partial charge in [-0.1, -0.05) is 12.1 Å². The Kier molecular flexibility index (Phi) is 2.71. The molecule has 0 spiro atoms. The third kappa shape index (κ3) is 2.17. The first kappa shape index (κ1) is 12.0. The number of H-pyrrole nitrogens is 1. The van der Waals surface area contributed by atoms with Crippen molar-refractivity contribution in [2.45, 2.75) is 12.8 Å². The zero-order valence-electron chi connectivity index (χ0n) is 10.6. The first-order valence-electron chi connectivity index (χ1n) is 6.40. The van der Waals surface area contributed by atoms with Crippen molar-refractivity contribution in [1.29, 1.82) is 0 Å². The zero-order chi connectivity index (χ0) is 13.5. The number of fused-ring (bicyclic) bond motifs is 1. The van der Waals surface area contributed by atoms with E-state index in [-0.39, 0.29) is 17.9 Å². The highest BCUT2D eigenvalue weighted by atomic mass is 16.3. The molecule has 1 aromatic carbocycles. The van der Waals surface area contributed by atoms with Gasteiger partial charge in [0.05, 0.1) is 17.8 Å². The highest BCUT2D eigenvalue weighted by Gasteiger charge is 2.42. The lowest BCUT2D eigenvalue weighted by atomic mass is 10.1. The number of anilines is 1. The molecule has 5 N–H and O–H groups in total. The molecular weight excluding hydrogens is 242 g/mol. The fraction of sp³-hybridized carbons (Fsp3) is 0.357. The molecule has 2 aromatic rings. The minimum Gasteiger partial charge on any atom is -0.397 e. The number of nitrogen functional groups attached to an aromatic ring is 1. The Balaban J connectivity index is 1.76. The fourth-order valence-corrected chi connectivity index (χ4v) is 2.23. The summed E-state index contributed by atoms with van der Waals surface area (Å²) < 4.78 is 0. The van der Waals surface area contributed by atoms with Crippen molar-refractivity contribution in [2.24, 2.45) is 5.41 Å². The zero-order valence-corrected chi connectivity index (χ0v) is 10.6. The van der Waals surface area contributed by atoms with E-state index in [1.165, 1.54) is 0 Å². The number of benzene rings is 1. The normalized spacial score (nSPS) is 16.5. The lowest BCUT2D eigenvalue weighted by molar-refractivity contribution is 0.0931. The number of para-hydroxylation sites is 1. The van der Waals surface area contributed by atoms with Crippen molar-refractivity contribution >= 4 is 22.5 Å². The van der Waals surface area contributed by atoms with Gasteiger partial charge in [0.1, 0.15) is 5.69 Å². The molecule has 5 heteroatoms. The number of hydrogen-bond donors (Lipinski definition) is 4. The molecule has 0 unspecified atom stereocenters. The number of hydrogen-bond acceptors (Lipinski definition) is 3. The highest BCUT2D eigenvalue weighted by Crippen LogP contribution is 2.44. The maximum atomic E-state index is 12.1. The van der Waals surface area contributed by atoms with Crippen molar-refractivity contribution in [3.8, 4) is 0 Å². The van der Waals surface area contributed by atoms with Gasteiger partial charge < -0.3 is 21.1 Å². The molecular formula is C14H17N3O2. The summed E-state index contributed by atoms with van der Waals surface area (Å²) in [6.45, 7) is 0.653. The summed E-state index contributed by atoms with van der Waals surface area (Å²) in [6.07, 6.45) is 1.95. The summed E-state index contributed by atoms with van der Waals surface area (Å²) in [5, 5.41) is 13.0. The van der Waals surface area contributed by atoms with Crippen LogP contribution in [0.1, 0.15) is 23.3 Å². The van der Waals surface area contributed by atoms with Crippen LogP contribution in [0.25, 0.3) is 10.9 Å². The summed E-state index contributed by atoms with van der Waals surface area (Å²) >= 11 is 0. The molecule has 1 fully saturated rings. The molecule has 0 aliphatic heterocycles. The van der Waals surface area contributed by atoms with Crippen LogP contribution in [0.15, 0.2) is 24.3 Å². The second-order valence-corrected chi connectivity index (χ2v) is 5.34. The fourth-order valence-electron chi connectivity index (χ4n) is 2.23. The Labute approximate surface area is 110 Å². The van der Waals surface area contributed by atoms with Crippen molar-refractivity contribution < 1.29 is 9.90 Å². The summed E-state index contributed by atoms with van der Waals surface area (Å²) in [5.74, 6) is -0.157. The minimum absolute atomic E-state index is 0.0826. The highest BCUT2D eigenvalue weighted by molar-refractivity contribution is 6.00. The van der Waals surface area contributed by atoms with E-state index in [9.17, 15) is 9.90 Å². The van der Waals surface area contributed by atoms with E-state index < -0.39 is 0 Å². The largest absolute Gasteiger partial charge is 0.397 e. The predicted molar refractivity (Wildman–Crippen MR) is 73.8 cm³/mol. The van der Waals surface area contributed by atoms with E-state index in [4.69, 9.17) is 5.73 Å². The summed E-state index contributed by atoms with van der Waals surface area (Å²) in [6, 6.07) is 7.36. The standard InChI is InChI=1S/C14H17N3O2/c15-10-3-1-2-9-6-11(17-12(9)10)13(19)16-7-14(8-18)4-5-14/h1-3,6,17-18H,4-5,7-8,15H2,(H,16,19). The molecule has 1 saturated carbocycles. The monoisotopic (exact) mass is 259 g/mol. The average Bonchev–Trinajstić information content (AvgIpc) is 3.06. The molecule has 0 radical (unpaired) electrons. The van der Waals surface area contributed by atoms with Crippen LogP contribution in [0.3, 0.4) is 0 Å². The second-order valence-electron chi connectivity index (χ2n) is 5.34. The third-order valence-electron chi connectivity index (χ3n) is 3.85. The molecule has 0 bridgehead atoms. The SMILES string of the molecule is Nc1cccc2cc(C(=O)NCC3(CO)CC3)[nH]c12. The lowest BCUT2D eigenvalue weighted by Crippen LogP contribution is -2.32. The molecule has 1 heterocycles. The van der Waals surface area contributed by atoms with Crippen molar-refractivity contribution in [1.82, 2.24) is 10.3 Å². The number of nitrogens with one attached hydrogen (secondary N) is 2. The molecule has 1 aromatic heterocycles. The maximum absolute atomic E-state index is 12.1. The van der Waals surface area contributed by atoms with Gasteiger partial charge >= 0.3 is 0 Å². The van der Waals surface area contributed by atoms with Crippen LogP contribution < -0.4 is 11.1 Å². The van der Waals surface area contributed by atoms with E-state index in [0.717, 1.165) is 23.7 Å². The van der Waals surface area contributed by atoms with Gasteiger partial charge in [0, 0.05) is 17.3 Å². The number of nitrogens with two attached hydrogens (primary N) is 1. The van der Waals surface area contributed by atoms with Crippen LogP contribution in [0.5, 0.6) is 0 Å². The number of aromatic amines is 1. The van der Waals surface area contributed by atoms with Gasteiger partial charge in [0.2, 0.25) is 0 Å². The van der Waals surface area contributed by atoms with Crippen molar-refractivity contribution in [2.75, 3.05) is 18.9 Å². The van der Waals surface area contributed by atoms with Gasteiger partial charge in [-0.15, -0.1) is 0 Å². The molecule has 1 amide bonds. The summed E-state index contributed by atoms with van der Waals surface area (Å²) in [7, 11) is 0. The van der Waals surface area contributed by atoms with E-state index in [1.54, 1.807) is 12.1 Å². The van der Waals surface area contributed by atoms with Crippen molar-refractivity contribution in [3.63, 3.8) is 0 Å². The van der Waals surface area contributed by atoms with Gasteiger partial charge in [-0.2, -0.15) is 0 Å². The minimum atomic E-state index is -0.157. The number of rotatable bonds is 4. The lowest BCUT2D eigenvalue weighted by Gasteiger charge is -2.11. The number of carbonyl (C=O) groups is 1. The van der Waals surface area contributed by atoms with E-state index in [2.05, 4.69) is 10.3 Å². The quantitative estimate of drug-likeness (QED) is 0.623. The Morgan fingerprint density at radius 1 is 1.47 bits per heavy atom. The van der Waals surface area contributed by atoms with Crippen LogP contribution >= 0.6 is 0 Å². The molecule has 100 valence electrons. The topological polar surface area (TPSA) is 91.1 Å². The van der Waals surface area contributed by atoms with E-state index in [1.807, 2.05) is 12.1 Å². The smallest absolute Gasteiger partial charge is 0.267 e. The third-order valence-corrected chi connectivity index (χ3v) is 3.85. The number of aliphatic hydroxyl groups excluding tert-OH is 1. The second kappa shape index (κ2) is 4.28. The molecule has 1 aliphatic rings. The Morgan fingerprint density at radius 2 is 2.26 bits per heavy atom. The Hall–Kier alpha value is -2.01. The summed E-state index contributed by atoms with van der Waals surface area (Å²) in [4.78, 5) is 15.1. The first-order valence-corrected chi connectivity index (χ1v) is 6.40. The van der Waals surface area contributed by atoms with Crippen LogP contribution in [0.4, 0.5) is 5.69 Å². The van der Waals surface area contributed by atoms with Gasteiger partial charge in [0.15, 0.2) is 0 Å². The predicted octanol–water partition coefficient (Wildman–Crippen LogP) is 1.25. The molecule has 5 nitrogen and oxygen atoms in total. The van der Waals surface area contributed by atoms with Crippen LogP contribution in [-0.2, 0) is 0 Å². The molecule has 3 rings (SSSR count). The maximum Gasteiger partial charge on any atom is 0.267 e. The van der Waals surface area contributed by atoms with E-state index >= 15 is 0 Å². The van der Waals surface area contributed by atoms with E-state index in [0.29, 0.717) is 17.9 Å². The van der Waals surface area contributed by atoms with Gasteiger partial charge in [-0.25, -0.2) is 0 Å². The van der Waals surface area contributed by atoms with Gasteiger partial charge in [-0.3, -0.25) is 4.79 Å². The Bertz CT molecular complexity index is 629. The summed E-state index contributed by atoms with van der Waals surface area (Å²) in [5.41, 5.74) is 7.69. The number of aromatic nitrogens is 1. The van der Waals surface area contributed by atoms with Crippen LogP contribution in [-0.4, -0.2) is 29.1 Å². The molecule has 1 aliphatic carbocycles.